The van der Waals surface area contributed by atoms with Crippen molar-refractivity contribution < 1.29 is 47.6 Å². The van der Waals surface area contributed by atoms with Crippen LogP contribution in [0.1, 0.15) is 34.1 Å². The molecular weight excluding hydrogens is 855 g/mol. The van der Waals surface area contributed by atoms with E-state index >= 15 is 0 Å². The van der Waals surface area contributed by atoms with E-state index in [9.17, 15) is 24.3 Å². The molecular formula is C52H53N5O10. The molecule has 15 nitrogen and oxygen atoms in total. The van der Waals surface area contributed by atoms with Gasteiger partial charge in [0.1, 0.15) is 35.9 Å². The van der Waals surface area contributed by atoms with Crippen LogP contribution in [0.2, 0.25) is 0 Å². The number of carbonyl (C=O) groups excluding carboxylic acids is 3. The lowest BCUT2D eigenvalue weighted by molar-refractivity contribution is -0.147. The van der Waals surface area contributed by atoms with E-state index in [2.05, 4.69) is 34.6 Å². The Balaban J connectivity index is 0.000000196. The first-order valence-electron chi connectivity index (χ1n) is 22.3. The third kappa shape index (κ3) is 11.1. The predicted molar refractivity (Wildman–Crippen MR) is 249 cm³/mol. The molecule has 2 amide bonds. The minimum Gasteiger partial charge on any atom is -0.493 e. The average Bonchev–Trinajstić information content (AvgIpc) is 3.90. The summed E-state index contributed by atoms with van der Waals surface area (Å²) >= 11 is 0. The Hall–Kier alpha value is -7.49. The first-order chi connectivity index (χ1) is 32.7. The van der Waals surface area contributed by atoms with E-state index in [1.54, 1.807) is 24.3 Å². The summed E-state index contributed by atoms with van der Waals surface area (Å²) in [6.45, 7) is 5.58. The molecule has 0 spiro atoms. The number of aromatic nitrogens is 1. The van der Waals surface area contributed by atoms with Gasteiger partial charge in [-0.25, -0.2) is 24.2 Å². The van der Waals surface area contributed by atoms with Crippen LogP contribution in [0.15, 0.2) is 138 Å². The lowest BCUT2D eigenvalue weighted by Crippen LogP contribution is -2.58. The third-order valence-corrected chi connectivity index (χ3v) is 12.1. The van der Waals surface area contributed by atoms with Crippen LogP contribution in [-0.4, -0.2) is 121 Å². The van der Waals surface area contributed by atoms with E-state index in [1.165, 1.54) is 28.0 Å². The van der Waals surface area contributed by atoms with Crippen molar-refractivity contribution in [1.29, 1.82) is 0 Å². The van der Waals surface area contributed by atoms with E-state index in [0.717, 1.165) is 39.5 Å². The molecule has 2 saturated heterocycles. The number of aliphatic carboxylic acids is 1. The van der Waals surface area contributed by atoms with Crippen LogP contribution in [0.3, 0.4) is 0 Å². The maximum Gasteiger partial charge on any atom is 0.416 e. The summed E-state index contributed by atoms with van der Waals surface area (Å²) in [5.74, 6) is 1.02. The van der Waals surface area contributed by atoms with Gasteiger partial charge in [-0.05, 0) is 71.1 Å². The molecule has 3 aliphatic rings. The molecule has 3 heterocycles. The number of esters is 1. The molecule has 346 valence electrons. The van der Waals surface area contributed by atoms with Gasteiger partial charge in [-0.3, -0.25) is 14.7 Å². The second kappa shape index (κ2) is 21.7. The first kappa shape index (κ1) is 46.1. The van der Waals surface area contributed by atoms with E-state index in [4.69, 9.17) is 23.4 Å². The summed E-state index contributed by atoms with van der Waals surface area (Å²) in [5.41, 5.74) is 7.53. The number of hydrogen-bond acceptors (Lipinski definition) is 12. The smallest absolute Gasteiger partial charge is 0.416 e. The van der Waals surface area contributed by atoms with Crippen LogP contribution in [-0.2, 0) is 32.0 Å². The van der Waals surface area contributed by atoms with Gasteiger partial charge in [-0.1, -0.05) is 97.1 Å². The van der Waals surface area contributed by atoms with Crippen molar-refractivity contribution in [3.63, 3.8) is 0 Å². The van der Waals surface area contributed by atoms with Gasteiger partial charge in [0, 0.05) is 63.7 Å². The van der Waals surface area contributed by atoms with Gasteiger partial charge in [0.25, 0.3) is 0 Å². The molecule has 2 aliphatic heterocycles. The lowest BCUT2D eigenvalue weighted by Gasteiger charge is -2.38. The molecule has 5 aromatic carbocycles. The Labute approximate surface area is 388 Å². The van der Waals surface area contributed by atoms with Gasteiger partial charge in [0.05, 0.1) is 19.4 Å². The minimum absolute atomic E-state index is 0.000780. The number of carbonyl (C=O) groups is 4. The standard InChI is InChI=1S/C31H31N3O6.C21H22N2O4/c1-22-27(32-29(39-22)24-8-4-2-5-9-24)16-19-38-25-14-12-23(13-15-25)20-33-17-18-34(28(21-33)30(35)36)31(37)40-26-10-6-3-7-11-26;1-26-20(24)19-12-22-10-11-23(19)21(25)27-13-18-16-8-4-2-6-14(16)15-7-3-5-9-17(15)18/h2-15,28H,16-21H2,1H3,(H,35,36);2-9,18-19,22H,10-13H2,1H3. The number of nitrogens with one attached hydrogen (secondary N) is 1. The average molecular weight is 908 g/mol. The number of aryl methyl sites for hydroxylation is 1. The van der Waals surface area contributed by atoms with E-state index in [-0.39, 0.29) is 25.6 Å². The molecule has 0 radical (unpaired) electrons. The molecule has 1 aliphatic carbocycles. The van der Waals surface area contributed by atoms with Gasteiger partial charge < -0.3 is 33.8 Å². The highest BCUT2D eigenvalue weighted by molar-refractivity contribution is 5.83. The van der Waals surface area contributed by atoms with Crippen LogP contribution >= 0.6 is 0 Å². The number of carboxylic acid groups (broad SMARTS) is 1. The number of amides is 2. The number of benzene rings is 5. The van der Waals surface area contributed by atoms with E-state index in [0.29, 0.717) is 57.4 Å². The molecule has 2 unspecified atom stereocenters. The molecule has 2 N–H and O–H groups in total. The highest BCUT2D eigenvalue weighted by atomic mass is 16.6. The monoisotopic (exact) mass is 907 g/mol. The normalized spacial score (nSPS) is 16.7. The Morgan fingerprint density at radius 3 is 2.06 bits per heavy atom. The second-order valence-corrected chi connectivity index (χ2v) is 16.3. The zero-order valence-electron chi connectivity index (χ0n) is 37.4. The number of piperazine rings is 2. The number of methoxy groups -OCH3 is 1. The number of ether oxygens (including phenoxy) is 4. The summed E-state index contributed by atoms with van der Waals surface area (Å²) in [6.07, 6.45) is -0.511. The Bertz CT molecular complexity index is 2600. The topological polar surface area (TPSA) is 173 Å². The molecule has 15 heteroatoms. The van der Waals surface area contributed by atoms with Crippen LogP contribution in [0.4, 0.5) is 9.59 Å². The van der Waals surface area contributed by atoms with Crippen LogP contribution in [0.5, 0.6) is 11.5 Å². The number of nitrogens with zero attached hydrogens (tertiary/aromatic N) is 4. The fourth-order valence-electron chi connectivity index (χ4n) is 8.59. The molecule has 0 bridgehead atoms. The van der Waals surface area contributed by atoms with Crippen molar-refractivity contribution in [1.82, 2.24) is 25.0 Å². The van der Waals surface area contributed by atoms with Gasteiger partial charge in [0.2, 0.25) is 5.89 Å². The number of fused-ring (bicyclic) bond motifs is 3. The van der Waals surface area contributed by atoms with Crippen LogP contribution < -0.4 is 14.8 Å². The lowest BCUT2D eigenvalue weighted by atomic mass is 9.98. The largest absolute Gasteiger partial charge is 0.493 e. The van der Waals surface area contributed by atoms with Crippen molar-refractivity contribution in [2.75, 3.05) is 59.6 Å². The summed E-state index contributed by atoms with van der Waals surface area (Å²) in [4.78, 5) is 58.6. The molecule has 67 heavy (non-hydrogen) atoms. The zero-order chi connectivity index (χ0) is 46.7. The van der Waals surface area contributed by atoms with Gasteiger partial charge in [-0.15, -0.1) is 0 Å². The molecule has 6 aromatic rings. The summed E-state index contributed by atoms with van der Waals surface area (Å²) in [6, 6.07) is 40.9. The summed E-state index contributed by atoms with van der Waals surface area (Å²) in [7, 11) is 1.33. The highest BCUT2D eigenvalue weighted by Gasteiger charge is 2.37. The van der Waals surface area contributed by atoms with Crippen molar-refractivity contribution >= 4 is 24.1 Å². The number of oxazole rings is 1. The molecule has 2 atom stereocenters. The van der Waals surface area contributed by atoms with Crippen LogP contribution in [0, 0.1) is 6.92 Å². The van der Waals surface area contributed by atoms with Crippen molar-refractivity contribution in [3.8, 4) is 34.1 Å². The molecule has 9 rings (SSSR count). The number of hydrogen-bond donors (Lipinski definition) is 2. The fraction of sp³-hybridized carbons (Fsp3) is 0.288. The predicted octanol–water partition coefficient (Wildman–Crippen LogP) is 7.42. The van der Waals surface area contributed by atoms with Crippen molar-refractivity contribution in [2.45, 2.75) is 37.9 Å². The SMILES string of the molecule is COC(=O)C1CNCCN1C(=O)OCC1c2ccccc2-c2ccccc21.Cc1oc(-c2ccccc2)nc1CCOc1ccc(CN2CCN(C(=O)Oc3ccccc3)C(C(=O)O)C2)cc1. The Morgan fingerprint density at radius 2 is 1.39 bits per heavy atom. The van der Waals surface area contributed by atoms with Gasteiger partial charge in [-0.2, -0.15) is 0 Å². The maximum atomic E-state index is 12.7. The summed E-state index contributed by atoms with van der Waals surface area (Å²) < 4.78 is 27.6. The highest BCUT2D eigenvalue weighted by Crippen LogP contribution is 2.44. The quantitative estimate of drug-likeness (QED) is 0.116. The minimum atomic E-state index is -1.06. The number of rotatable bonds is 12. The van der Waals surface area contributed by atoms with Crippen molar-refractivity contribution in [2.24, 2.45) is 0 Å². The Morgan fingerprint density at radius 1 is 0.746 bits per heavy atom. The summed E-state index contributed by atoms with van der Waals surface area (Å²) in [5, 5.41) is 12.9. The number of para-hydroxylation sites is 1. The van der Waals surface area contributed by atoms with Crippen LogP contribution in [0.25, 0.3) is 22.6 Å². The maximum absolute atomic E-state index is 12.7. The zero-order valence-corrected chi connectivity index (χ0v) is 37.4. The van der Waals surface area contributed by atoms with E-state index < -0.39 is 36.2 Å². The third-order valence-electron chi connectivity index (χ3n) is 12.1. The van der Waals surface area contributed by atoms with Crippen molar-refractivity contribution in [3.05, 3.63) is 162 Å². The Kier molecular flexibility index (Phi) is 14.9. The number of carboxylic acids is 1. The molecule has 0 saturated carbocycles. The van der Waals surface area contributed by atoms with Gasteiger partial charge in [0.15, 0.2) is 0 Å². The fourth-order valence-corrected chi connectivity index (χ4v) is 8.59. The van der Waals surface area contributed by atoms with Gasteiger partial charge >= 0.3 is 24.1 Å². The molecule has 1 aromatic heterocycles. The first-order valence-corrected chi connectivity index (χ1v) is 22.3. The van der Waals surface area contributed by atoms with E-state index in [1.807, 2.05) is 96.8 Å². The molecule has 2 fully saturated rings. The second-order valence-electron chi connectivity index (χ2n) is 16.3.